The van der Waals surface area contributed by atoms with Crippen molar-refractivity contribution in [1.82, 2.24) is 0 Å². The third-order valence-electron chi connectivity index (χ3n) is 10.3. The van der Waals surface area contributed by atoms with Gasteiger partial charge in [0.05, 0.1) is 0 Å². The summed E-state index contributed by atoms with van der Waals surface area (Å²) in [6, 6.07) is 50.3. The monoisotopic (exact) mass is 544 g/mol. The van der Waals surface area contributed by atoms with Gasteiger partial charge >= 0.3 is 0 Å². The average molecular weight is 545 g/mol. The Labute approximate surface area is 250 Å². The van der Waals surface area contributed by atoms with Crippen LogP contribution in [0.3, 0.4) is 0 Å². The topological polar surface area (TPSA) is 0 Å². The van der Waals surface area contributed by atoms with Crippen LogP contribution in [-0.2, 0) is 5.41 Å². The Hall–Kier alpha value is -5.20. The molecular formula is C43H28. The summed E-state index contributed by atoms with van der Waals surface area (Å²) in [6.45, 7) is 4.82. The van der Waals surface area contributed by atoms with Gasteiger partial charge in [0.25, 0.3) is 0 Å². The van der Waals surface area contributed by atoms with Crippen molar-refractivity contribution in [3.05, 3.63) is 145 Å². The van der Waals surface area contributed by atoms with Crippen molar-refractivity contribution < 1.29 is 0 Å². The van der Waals surface area contributed by atoms with Crippen LogP contribution in [0.15, 0.2) is 133 Å². The first kappa shape index (κ1) is 23.4. The number of hydrogen-bond donors (Lipinski definition) is 0. The molecule has 200 valence electrons. The molecule has 0 atom stereocenters. The van der Waals surface area contributed by atoms with Gasteiger partial charge in [0.15, 0.2) is 0 Å². The van der Waals surface area contributed by atoms with Crippen LogP contribution in [0.1, 0.15) is 25.0 Å². The van der Waals surface area contributed by atoms with Gasteiger partial charge in [0.2, 0.25) is 0 Å². The van der Waals surface area contributed by atoms with Crippen molar-refractivity contribution in [3.8, 4) is 22.3 Å². The van der Waals surface area contributed by atoms with Gasteiger partial charge in [-0.05, 0) is 116 Å². The van der Waals surface area contributed by atoms with Crippen LogP contribution in [-0.4, -0.2) is 0 Å². The highest BCUT2D eigenvalue weighted by Crippen LogP contribution is 2.55. The van der Waals surface area contributed by atoms with Crippen LogP contribution < -0.4 is 0 Å². The van der Waals surface area contributed by atoms with E-state index in [1.165, 1.54) is 98.0 Å². The Bertz CT molecular complexity index is 2620. The van der Waals surface area contributed by atoms with E-state index >= 15 is 0 Å². The van der Waals surface area contributed by atoms with Gasteiger partial charge in [-0.25, -0.2) is 0 Å². The molecule has 0 heteroatoms. The molecule has 0 aliphatic heterocycles. The second kappa shape index (κ2) is 8.00. The van der Waals surface area contributed by atoms with Gasteiger partial charge in [-0.3, -0.25) is 0 Å². The van der Waals surface area contributed by atoms with Gasteiger partial charge < -0.3 is 0 Å². The van der Waals surface area contributed by atoms with Crippen LogP contribution in [0, 0.1) is 0 Å². The van der Waals surface area contributed by atoms with E-state index in [1.54, 1.807) is 0 Å². The Morgan fingerprint density at radius 1 is 0.395 bits per heavy atom. The molecule has 1 aliphatic rings. The van der Waals surface area contributed by atoms with Crippen molar-refractivity contribution in [1.29, 1.82) is 0 Å². The third kappa shape index (κ3) is 2.96. The summed E-state index contributed by atoms with van der Waals surface area (Å²) in [5.41, 5.74) is 8.13. The second-order valence-corrected chi connectivity index (χ2v) is 12.9. The molecule has 0 N–H and O–H groups in total. The maximum atomic E-state index is 2.46. The first-order chi connectivity index (χ1) is 21.1. The van der Waals surface area contributed by atoms with E-state index in [4.69, 9.17) is 0 Å². The van der Waals surface area contributed by atoms with Crippen molar-refractivity contribution in [2.24, 2.45) is 0 Å². The van der Waals surface area contributed by atoms with Crippen LogP contribution in [0.25, 0.3) is 86.9 Å². The molecule has 9 aromatic carbocycles. The Morgan fingerprint density at radius 3 is 1.84 bits per heavy atom. The zero-order valence-electron chi connectivity index (χ0n) is 24.2. The standard InChI is InChI=1S/C43H28/c1-43(2)38-24-29-9-4-3-8-28(29)22-37(38)41-33-13-6-5-12-32(33)36-23-30(18-21-35(36)42(41)43)31-19-16-27-15-14-25-10-7-11-26-17-20-34(31)40(27)39(25)26/h3-24H,1-2H3. The van der Waals surface area contributed by atoms with Gasteiger partial charge in [-0.2, -0.15) is 0 Å². The maximum Gasteiger partial charge on any atom is 0.0165 e. The molecule has 0 heterocycles. The normalized spacial score (nSPS) is 14.0. The van der Waals surface area contributed by atoms with Gasteiger partial charge in [0.1, 0.15) is 0 Å². The molecular weight excluding hydrogens is 516 g/mol. The summed E-state index contributed by atoms with van der Waals surface area (Å²) < 4.78 is 0. The van der Waals surface area contributed by atoms with Gasteiger partial charge in [-0.1, -0.05) is 129 Å². The van der Waals surface area contributed by atoms with Crippen molar-refractivity contribution in [2.75, 3.05) is 0 Å². The second-order valence-electron chi connectivity index (χ2n) is 12.9. The molecule has 10 rings (SSSR count). The zero-order chi connectivity index (χ0) is 28.4. The summed E-state index contributed by atoms with van der Waals surface area (Å²) in [4.78, 5) is 0. The minimum Gasteiger partial charge on any atom is -0.0616 e. The average Bonchev–Trinajstić information content (AvgIpc) is 3.28. The fraction of sp³-hybridized carbons (Fsp3) is 0.0698. The highest BCUT2D eigenvalue weighted by Gasteiger charge is 2.38. The Morgan fingerprint density at radius 2 is 1.02 bits per heavy atom. The van der Waals surface area contributed by atoms with Crippen molar-refractivity contribution in [3.63, 3.8) is 0 Å². The fourth-order valence-corrected chi connectivity index (χ4v) is 8.37. The lowest BCUT2D eigenvalue weighted by atomic mass is 9.78. The molecule has 0 bridgehead atoms. The lowest BCUT2D eigenvalue weighted by Crippen LogP contribution is -2.15. The van der Waals surface area contributed by atoms with Crippen LogP contribution in [0.4, 0.5) is 0 Å². The number of hydrogen-bond acceptors (Lipinski definition) is 0. The van der Waals surface area contributed by atoms with Gasteiger partial charge in [0, 0.05) is 5.41 Å². The first-order valence-corrected chi connectivity index (χ1v) is 15.3. The quantitative estimate of drug-likeness (QED) is 0.180. The molecule has 0 spiro atoms. The largest absolute Gasteiger partial charge is 0.0616 e. The fourth-order valence-electron chi connectivity index (χ4n) is 8.37. The van der Waals surface area contributed by atoms with E-state index in [0.717, 1.165) is 0 Å². The van der Waals surface area contributed by atoms with Crippen LogP contribution in [0.5, 0.6) is 0 Å². The lowest BCUT2D eigenvalue weighted by molar-refractivity contribution is 0.667. The molecule has 0 aromatic heterocycles. The number of rotatable bonds is 1. The summed E-state index contributed by atoms with van der Waals surface area (Å²) in [6.07, 6.45) is 0. The highest BCUT2D eigenvalue weighted by molar-refractivity contribution is 6.26. The molecule has 0 amide bonds. The van der Waals surface area contributed by atoms with Crippen LogP contribution in [0.2, 0.25) is 0 Å². The lowest BCUT2D eigenvalue weighted by Gasteiger charge is -2.24. The molecule has 9 aromatic rings. The number of benzene rings is 9. The zero-order valence-corrected chi connectivity index (χ0v) is 24.2. The molecule has 0 saturated heterocycles. The van der Waals surface area contributed by atoms with Crippen molar-refractivity contribution >= 4 is 64.6 Å². The highest BCUT2D eigenvalue weighted by atomic mass is 14.4. The maximum absolute atomic E-state index is 2.46. The van der Waals surface area contributed by atoms with E-state index in [-0.39, 0.29) is 5.41 Å². The van der Waals surface area contributed by atoms with Crippen molar-refractivity contribution in [2.45, 2.75) is 19.3 Å². The summed E-state index contributed by atoms with van der Waals surface area (Å²) in [5.74, 6) is 0. The van der Waals surface area contributed by atoms with E-state index in [0.29, 0.717) is 0 Å². The minimum atomic E-state index is -0.106. The van der Waals surface area contributed by atoms with E-state index in [1.807, 2.05) is 0 Å². The molecule has 0 nitrogen and oxygen atoms in total. The van der Waals surface area contributed by atoms with E-state index < -0.39 is 0 Å². The van der Waals surface area contributed by atoms with E-state index in [9.17, 15) is 0 Å². The molecule has 0 radical (unpaired) electrons. The molecule has 0 fully saturated rings. The number of fused-ring (bicyclic) bond motifs is 9. The smallest absolute Gasteiger partial charge is 0.0165 e. The summed E-state index contributed by atoms with van der Waals surface area (Å²) >= 11 is 0. The molecule has 1 aliphatic carbocycles. The molecule has 43 heavy (non-hydrogen) atoms. The summed E-state index contributed by atoms with van der Waals surface area (Å²) in [7, 11) is 0. The Kier molecular flexibility index (Phi) is 4.35. The third-order valence-corrected chi connectivity index (χ3v) is 10.3. The molecule has 0 unspecified atom stereocenters. The van der Waals surface area contributed by atoms with Gasteiger partial charge in [-0.15, -0.1) is 0 Å². The minimum absolute atomic E-state index is 0.106. The van der Waals surface area contributed by atoms with E-state index in [2.05, 4.69) is 147 Å². The first-order valence-electron chi connectivity index (χ1n) is 15.3. The van der Waals surface area contributed by atoms with Crippen LogP contribution >= 0.6 is 0 Å². The molecule has 0 saturated carbocycles. The summed E-state index contributed by atoms with van der Waals surface area (Å²) in [5, 5.41) is 16.0. The Balaban J connectivity index is 1.30. The predicted octanol–water partition coefficient (Wildman–Crippen LogP) is 12.0. The SMILES string of the molecule is CC1(C)c2cc3ccccc3cc2-c2c1c1ccc(-c3ccc4ccc5cccc6ccc3c4c56)cc1c1ccccc21. The predicted molar refractivity (Wildman–Crippen MR) is 186 cm³/mol.